The van der Waals surface area contributed by atoms with E-state index in [1.807, 2.05) is 0 Å². The number of nitrogens with zero attached hydrogens (tertiary/aromatic N) is 2. The molecule has 0 aliphatic carbocycles. The molecule has 1 heterocycles. The molecule has 1 aliphatic heterocycles. The van der Waals surface area contributed by atoms with Crippen LogP contribution in [0.25, 0.3) is 0 Å². The van der Waals surface area contributed by atoms with Crippen LogP contribution in [0.1, 0.15) is 26.2 Å². The van der Waals surface area contributed by atoms with Crippen molar-refractivity contribution in [1.82, 2.24) is 15.1 Å². The summed E-state index contributed by atoms with van der Waals surface area (Å²) in [5.41, 5.74) is 0. The molecule has 2 atom stereocenters. The van der Waals surface area contributed by atoms with Crippen molar-refractivity contribution in [3.8, 4) is 0 Å². The van der Waals surface area contributed by atoms with Crippen molar-refractivity contribution in [2.24, 2.45) is 0 Å². The van der Waals surface area contributed by atoms with E-state index in [0.717, 1.165) is 19.7 Å². The standard InChI is InChI=1S/C14H31N3O/c1-5-8-15-13(12-18-4)10-17-9-6-7-14(11-17)16(2)3/h13-15H,5-12H2,1-4H3. The topological polar surface area (TPSA) is 27.7 Å². The number of rotatable bonds is 8. The van der Waals surface area contributed by atoms with E-state index < -0.39 is 0 Å². The second-order valence-corrected chi connectivity index (χ2v) is 5.63. The van der Waals surface area contributed by atoms with Crippen molar-refractivity contribution in [2.75, 3.05) is 54.0 Å². The molecule has 4 nitrogen and oxygen atoms in total. The van der Waals surface area contributed by atoms with E-state index in [0.29, 0.717) is 12.1 Å². The number of nitrogens with one attached hydrogen (secondary N) is 1. The van der Waals surface area contributed by atoms with Crippen molar-refractivity contribution in [2.45, 2.75) is 38.3 Å². The summed E-state index contributed by atoms with van der Waals surface area (Å²) in [6.45, 7) is 7.64. The lowest BCUT2D eigenvalue weighted by molar-refractivity contribution is 0.0979. The fourth-order valence-corrected chi connectivity index (χ4v) is 2.66. The number of hydrogen-bond acceptors (Lipinski definition) is 4. The third kappa shape index (κ3) is 5.65. The highest BCUT2D eigenvalue weighted by atomic mass is 16.5. The van der Waals surface area contributed by atoms with E-state index in [9.17, 15) is 0 Å². The van der Waals surface area contributed by atoms with Crippen molar-refractivity contribution in [1.29, 1.82) is 0 Å². The van der Waals surface area contributed by atoms with Gasteiger partial charge in [-0.2, -0.15) is 0 Å². The van der Waals surface area contributed by atoms with E-state index in [1.54, 1.807) is 7.11 Å². The smallest absolute Gasteiger partial charge is 0.0628 e. The molecule has 0 radical (unpaired) electrons. The Bertz CT molecular complexity index is 211. The quantitative estimate of drug-likeness (QED) is 0.703. The van der Waals surface area contributed by atoms with E-state index in [2.05, 4.69) is 36.1 Å². The van der Waals surface area contributed by atoms with Crippen LogP contribution in [-0.2, 0) is 4.74 Å². The van der Waals surface area contributed by atoms with Gasteiger partial charge in [-0.1, -0.05) is 6.92 Å². The van der Waals surface area contributed by atoms with Crippen LogP contribution >= 0.6 is 0 Å². The summed E-state index contributed by atoms with van der Waals surface area (Å²) < 4.78 is 5.32. The van der Waals surface area contributed by atoms with E-state index in [4.69, 9.17) is 4.74 Å². The van der Waals surface area contributed by atoms with Crippen LogP contribution in [0.5, 0.6) is 0 Å². The number of ether oxygens (including phenoxy) is 1. The number of piperidine rings is 1. The van der Waals surface area contributed by atoms with Gasteiger partial charge in [0.05, 0.1) is 6.61 Å². The molecule has 1 rings (SSSR count). The number of likely N-dealkylation sites (tertiary alicyclic amines) is 1. The summed E-state index contributed by atoms with van der Waals surface area (Å²) in [6, 6.07) is 1.18. The van der Waals surface area contributed by atoms with Gasteiger partial charge in [-0.3, -0.25) is 0 Å². The number of hydrogen-bond donors (Lipinski definition) is 1. The fourth-order valence-electron chi connectivity index (χ4n) is 2.66. The second kappa shape index (κ2) is 8.86. The van der Waals surface area contributed by atoms with Crippen LogP contribution in [0.3, 0.4) is 0 Å². The number of likely N-dealkylation sites (N-methyl/N-ethyl adjacent to an activating group) is 1. The summed E-state index contributed by atoms with van der Waals surface area (Å²) in [5.74, 6) is 0. The highest BCUT2D eigenvalue weighted by Gasteiger charge is 2.23. The molecule has 1 N–H and O–H groups in total. The lowest BCUT2D eigenvalue weighted by Gasteiger charge is -2.37. The highest BCUT2D eigenvalue weighted by Crippen LogP contribution is 2.13. The summed E-state index contributed by atoms with van der Waals surface area (Å²) in [4.78, 5) is 4.94. The minimum absolute atomic E-state index is 0.468. The molecule has 1 fully saturated rings. The van der Waals surface area contributed by atoms with E-state index in [-0.39, 0.29) is 0 Å². The monoisotopic (exact) mass is 257 g/mol. The Morgan fingerprint density at radius 3 is 2.83 bits per heavy atom. The Labute approximate surface area is 113 Å². The fraction of sp³-hybridized carbons (Fsp3) is 1.00. The Morgan fingerprint density at radius 1 is 1.44 bits per heavy atom. The van der Waals surface area contributed by atoms with Crippen molar-refractivity contribution >= 4 is 0 Å². The molecule has 0 aromatic carbocycles. The van der Waals surface area contributed by atoms with Crippen LogP contribution in [-0.4, -0.2) is 75.9 Å². The van der Waals surface area contributed by atoms with Gasteiger partial charge in [0, 0.05) is 32.3 Å². The van der Waals surface area contributed by atoms with Crippen LogP contribution in [0.4, 0.5) is 0 Å². The maximum absolute atomic E-state index is 5.32. The Morgan fingerprint density at radius 2 is 2.22 bits per heavy atom. The molecule has 2 unspecified atom stereocenters. The molecule has 108 valence electrons. The first-order valence-electron chi connectivity index (χ1n) is 7.28. The molecule has 4 heteroatoms. The van der Waals surface area contributed by atoms with Crippen molar-refractivity contribution in [3.05, 3.63) is 0 Å². The zero-order chi connectivity index (χ0) is 13.4. The molecular weight excluding hydrogens is 226 g/mol. The lowest BCUT2D eigenvalue weighted by atomic mass is 10.0. The largest absolute Gasteiger partial charge is 0.383 e. The van der Waals surface area contributed by atoms with Gasteiger partial charge in [0.1, 0.15) is 0 Å². The lowest BCUT2D eigenvalue weighted by Crippen LogP contribution is -2.50. The Kier molecular flexibility index (Phi) is 7.82. The van der Waals surface area contributed by atoms with Crippen molar-refractivity contribution in [3.63, 3.8) is 0 Å². The number of methoxy groups -OCH3 is 1. The Hall–Kier alpha value is -0.160. The van der Waals surface area contributed by atoms with Gasteiger partial charge in [-0.05, 0) is 46.4 Å². The summed E-state index contributed by atoms with van der Waals surface area (Å²) in [5, 5.41) is 3.58. The summed E-state index contributed by atoms with van der Waals surface area (Å²) in [7, 11) is 6.17. The zero-order valence-corrected chi connectivity index (χ0v) is 12.6. The Balaban J connectivity index is 2.37. The molecule has 0 spiro atoms. The zero-order valence-electron chi connectivity index (χ0n) is 12.6. The molecule has 0 aromatic heterocycles. The third-order valence-electron chi connectivity index (χ3n) is 3.74. The third-order valence-corrected chi connectivity index (χ3v) is 3.74. The predicted molar refractivity (Wildman–Crippen MR) is 77.1 cm³/mol. The van der Waals surface area contributed by atoms with E-state index in [1.165, 1.54) is 32.4 Å². The van der Waals surface area contributed by atoms with Gasteiger partial charge in [0.15, 0.2) is 0 Å². The highest BCUT2D eigenvalue weighted by molar-refractivity contribution is 4.81. The molecule has 1 saturated heterocycles. The molecule has 0 aromatic rings. The molecule has 0 bridgehead atoms. The minimum Gasteiger partial charge on any atom is -0.383 e. The summed E-state index contributed by atoms with van der Waals surface area (Å²) in [6.07, 6.45) is 3.83. The maximum Gasteiger partial charge on any atom is 0.0628 e. The van der Waals surface area contributed by atoms with Gasteiger partial charge >= 0.3 is 0 Å². The molecule has 18 heavy (non-hydrogen) atoms. The van der Waals surface area contributed by atoms with Crippen molar-refractivity contribution < 1.29 is 4.74 Å². The molecular formula is C14H31N3O. The minimum atomic E-state index is 0.468. The van der Waals surface area contributed by atoms with Crippen LogP contribution < -0.4 is 5.32 Å². The van der Waals surface area contributed by atoms with E-state index >= 15 is 0 Å². The summed E-state index contributed by atoms with van der Waals surface area (Å²) >= 11 is 0. The van der Waals surface area contributed by atoms with Crippen LogP contribution in [0.2, 0.25) is 0 Å². The predicted octanol–water partition coefficient (Wildman–Crippen LogP) is 1.03. The van der Waals surface area contributed by atoms with Gasteiger partial charge in [0.2, 0.25) is 0 Å². The second-order valence-electron chi connectivity index (χ2n) is 5.63. The SMILES string of the molecule is CCCNC(COC)CN1CCCC(N(C)C)C1. The van der Waals surface area contributed by atoms with Gasteiger partial charge < -0.3 is 19.9 Å². The van der Waals surface area contributed by atoms with Gasteiger partial charge in [-0.15, -0.1) is 0 Å². The van der Waals surface area contributed by atoms with Crippen LogP contribution in [0.15, 0.2) is 0 Å². The van der Waals surface area contributed by atoms with Gasteiger partial charge in [-0.25, -0.2) is 0 Å². The average Bonchev–Trinajstić information content (AvgIpc) is 2.36. The normalized spacial score (nSPS) is 23.5. The maximum atomic E-state index is 5.32. The molecule has 0 saturated carbocycles. The average molecular weight is 257 g/mol. The first-order chi connectivity index (χ1) is 8.67. The molecule has 0 amide bonds. The van der Waals surface area contributed by atoms with Crippen LogP contribution in [0, 0.1) is 0 Å². The first-order valence-corrected chi connectivity index (χ1v) is 7.28. The molecule has 1 aliphatic rings. The van der Waals surface area contributed by atoms with Gasteiger partial charge in [0.25, 0.3) is 0 Å². The first kappa shape index (κ1) is 15.9.